The summed E-state index contributed by atoms with van der Waals surface area (Å²) in [5, 5.41) is 7.62. The highest BCUT2D eigenvalue weighted by Gasteiger charge is 2.23. The first-order valence-electron chi connectivity index (χ1n) is 19.7. The van der Waals surface area contributed by atoms with E-state index in [0.29, 0.717) is 0 Å². The Kier molecular flexibility index (Phi) is 8.41. The topological polar surface area (TPSA) is 29.3 Å². The lowest BCUT2D eigenvalue weighted by Gasteiger charge is -2.25. The molecule has 274 valence electrons. The molecule has 0 amide bonds. The predicted molar refractivity (Wildman–Crippen MR) is 246 cm³/mol. The number of nitrogens with one attached hydrogen (secondary N) is 1. The Hall–Kier alpha value is -7.27. The second-order valence-electron chi connectivity index (χ2n) is 14.7. The van der Waals surface area contributed by atoms with Gasteiger partial charge in [-0.15, -0.1) is 11.3 Å². The van der Waals surface area contributed by atoms with Crippen molar-refractivity contribution in [2.24, 2.45) is 4.99 Å². The summed E-state index contributed by atoms with van der Waals surface area (Å²) in [6.07, 6.45) is 1.92. The van der Waals surface area contributed by atoms with Crippen LogP contribution < -0.4 is 5.32 Å². The molecule has 58 heavy (non-hydrogen) atoms. The quantitative estimate of drug-likeness (QED) is 0.172. The molecule has 4 heteroatoms. The van der Waals surface area contributed by atoms with Gasteiger partial charge in [-0.1, -0.05) is 182 Å². The molecule has 1 aliphatic rings. The van der Waals surface area contributed by atoms with Gasteiger partial charge in [0.15, 0.2) is 0 Å². The average Bonchev–Trinajstić information content (AvgIpc) is 3.87. The van der Waals surface area contributed by atoms with Crippen molar-refractivity contribution in [1.82, 2.24) is 9.88 Å². The van der Waals surface area contributed by atoms with Crippen LogP contribution in [-0.2, 0) is 0 Å². The van der Waals surface area contributed by atoms with Gasteiger partial charge in [0.05, 0.1) is 16.7 Å². The van der Waals surface area contributed by atoms with E-state index < -0.39 is 0 Å². The van der Waals surface area contributed by atoms with Crippen LogP contribution in [0.4, 0.5) is 0 Å². The third-order valence-electron chi connectivity index (χ3n) is 11.3. The van der Waals surface area contributed by atoms with Crippen molar-refractivity contribution in [2.75, 3.05) is 0 Å². The lowest BCUT2D eigenvalue weighted by molar-refractivity contribution is 0.664. The van der Waals surface area contributed by atoms with Crippen molar-refractivity contribution in [3.63, 3.8) is 0 Å². The van der Waals surface area contributed by atoms with Gasteiger partial charge in [0.25, 0.3) is 0 Å². The highest BCUT2D eigenvalue weighted by atomic mass is 32.1. The highest BCUT2D eigenvalue weighted by molar-refractivity contribution is 7.24. The summed E-state index contributed by atoms with van der Waals surface area (Å²) in [5.74, 6) is 0. The normalized spacial score (nSPS) is 14.0. The molecule has 8 aromatic carbocycles. The van der Waals surface area contributed by atoms with Gasteiger partial charge in [-0.05, 0) is 69.3 Å². The number of para-hydroxylation sites is 1. The molecule has 1 atom stereocenters. The fourth-order valence-corrected chi connectivity index (χ4v) is 9.86. The number of hydrogen-bond donors (Lipinski definition) is 1. The van der Waals surface area contributed by atoms with Gasteiger partial charge in [0.2, 0.25) is 0 Å². The van der Waals surface area contributed by atoms with Crippen LogP contribution in [0.1, 0.15) is 22.9 Å². The molecule has 0 fully saturated rings. The Morgan fingerprint density at radius 1 is 0.448 bits per heavy atom. The predicted octanol–water partition coefficient (Wildman–Crippen LogP) is 14.1. The minimum atomic E-state index is -0.255. The fraction of sp³-hybridized carbons (Fsp3) is 0.0185. The molecule has 0 radical (unpaired) electrons. The first-order valence-corrected chi connectivity index (χ1v) is 20.6. The third kappa shape index (κ3) is 5.94. The minimum absolute atomic E-state index is 0.255. The molecule has 10 aromatic rings. The first-order chi connectivity index (χ1) is 28.8. The summed E-state index contributed by atoms with van der Waals surface area (Å²) >= 11 is 1.90. The van der Waals surface area contributed by atoms with Crippen molar-refractivity contribution >= 4 is 54.6 Å². The Morgan fingerprint density at radius 2 is 1.02 bits per heavy atom. The number of nitrogens with zero attached hydrogens (tertiary/aromatic N) is 2. The largest absolute Gasteiger partial charge is 0.360 e. The van der Waals surface area contributed by atoms with Crippen LogP contribution in [0.5, 0.6) is 0 Å². The highest BCUT2D eigenvalue weighted by Crippen LogP contribution is 2.49. The maximum absolute atomic E-state index is 5.27. The van der Waals surface area contributed by atoms with Gasteiger partial charge in [0, 0.05) is 42.7 Å². The number of aliphatic imine (C=N–C) groups is 1. The van der Waals surface area contributed by atoms with Crippen LogP contribution in [0.25, 0.3) is 76.0 Å². The van der Waals surface area contributed by atoms with Crippen LogP contribution in [0.2, 0.25) is 0 Å². The molecule has 1 unspecified atom stereocenters. The molecule has 1 N–H and O–H groups in total. The Balaban J connectivity index is 1.00. The van der Waals surface area contributed by atoms with E-state index in [0.717, 1.165) is 33.8 Å². The smallest absolute Gasteiger partial charge is 0.145 e. The maximum Gasteiger partial charge on any atom is 0.145 e. The number of thiophene rings is 1. The number of rotatable bonds is 7. The van der Waals surface area contributed by atoms with Crippen molar-refractivity contribution in [3.8, 4) is 38.4 Å². The van der Waals surface area contributed by atoms with Crippen LogP contribution in [0.15, 0.2) is 217 Å². The van der Waals surface area contributed by atoms with Crippen molar-refractivity contribution in [2.45, 2.75) is 6.17 Å². The molecule has 0 spiro atoms. The first kappa shape index (κ1) is 34.0. The summed E-state index contributed by atoms with van der Waals surface area (Å²) in [7, 11) is 0. The number of aromatic nitrogens is 1. The fourth-order valence-electron chi connectivity index (χ4n) is 8.47. The summed E-state index contributed by atoms with van der Waals surface area (Å²) < 4.78 is 3.73. The zero-order valence-electron chi connectivity index (χ0n) is 31.6. The van der Waals surface area contributed by atoms with Crippen LogP contribution >= 0.6 is 11.3 Å². The number of hydrogen-bond acceptors (Lipinski definition) is 3. The summed E-state index contributed by atoms with van der Waals surface area (Å²) in [6, 6.07) is 73.9. The molecular weight excluding hydrogens is 723 g/mol. The maximum atomic E-state index is 5.27. The lowest BCUT2D eigenvalue weighted by Crippen LogP contribution is -2.24. The number of benzene rings is 8. The Bertz CT molecular complexity index is 3140. The molecular formula is C54H37N3S. The minimum Gasteiger partial charge on any atom is -0.360 e. The summed E-state index contributed by atoms with van der Waals surface area (Å²) in [5.41, 5.74) is 15.0. The summed E-state index contributed by atoms with van der Waals surface area (Å²) in [4.78, 5) is 6.57. The molecule has 0 bridgehead atoms. The number of allylic oxidation sites excluding steroid dienone is 1. The van der Waals surface area contributed by atoms with Crippen molar-refractivity contribution < 1.29 is 0 Å². The second-order valence-corrected chi connectivity index (χ2v) is 15.8. The number of fused-ring (bicyclic) bond motifs is 5. The van der Waals surface area contributed by atoms with Crippen LogP contribution in [-0.4, -0.2) is 10.3 Å². The van der Waals surface area contributed by atoms with E-state index in [-0.39, 0.29) is 6.17 Å². The van der Waals surface area contributed by atoms with Gasteiger partial charge in [-0.2, -0.15) is 0 Å². The van der Waals surface area contributed by atoms with Gasteiger partial charge in [-0.25, -0.2) is 0 Å². The molecule has 0 aliphatic carbocycles. The molecule has 0 saturated carbocycles. The van der Waals surface area contributed by atoms with E-state index >= 15 is 0 Å². The zero-order chi connectivity index (χ0) is 38.4. The van der Waals surface area contributed by atoms with E-state index in [1.54, 1.807) is 0 Å². The van der Waals surface area contributed by atoms with E-state index in [4.69, 9.17) is 4.99 Å². The van der Waals surface area contributed by atoms with Crippen molar-refractivity contribution in [1.29, 1.82) is 0 Å². The van der Waals surface area contributed by atoms with Crippen molar-refractivity contribution in [3.05, 3.63) is 229 Å². The van der Waals surface area contributed by atoms with Gasteiger partial charge >= 0.3 is 0 Å². The van der Waals surface area contributed by atoms with E-state index in [1.165, 1.54) is 64.6 Å². The second kappa shape index (κ2) is 14.3. The molecule has 1 aliphatic heterocycles. The molecule has 0 saturated heterocycles. The lowest BCUT2D eigenvalue weighted by atomic mass is 9.98. The van der Waals surface area contributed by atoms with E-state index in [9.17, 15) is 0 Å². The monoisotopic (exact) mass is 759 g/mol. The molecule has 3 nitrogen and oxygen atoms in total. The van der Waals surface area contributed by atoms with E-state index in [2.05, 4.69) is 222 Å². The van der Waals surface area contributed by atoms with Crippen LogP contribution in [0, 0.1) is 0 Å². The summed E-state index contributed by atoms with van der Waals surface area (Å²) in [6.45, 7) is 0. The standard InChI is InChI=1S/C54H37N3S/c1-5-15-36(16-6-1)37-25-27-39(28-26-37)47-35-46(38-17-7-2-8-18-38)55-54(56-47)42-29-31-43(32-30-42)57-48-24-14-13-23-44(48)51-49(57)34-33-45-50(40-19-9-3-10-20-40)52(58-53(45)51)41-21-11-4-12-22-41/h1-35,54,56H. The molecule has 11 rings (SSSR count). The Morgan fingerprint density at radius 3 is 1.71 bits per heavy atom. The van der Waals surface area contributed by atoms with E-state index in [1.807, 2.05) is 11.3 Å². The zero-order valence-corrected chi connectivity index (χ0v) is 32.4. The average molecular weight is 760 g/mol. The van der Waals surface area contributed by atoms with Crippen LogP contribution in [0.3, 0.4) is 0 Å². The van der Waals surface area contributed by atoms with Gasteiger partial charge in [0.1, 0.15) is 6.17 Å². The SMILES string of the molecule is C1=C(c2ccc(-c3ccccc3)cc2)NC(c2ccc(-n3c4ccccc4c4c5sc(-c6ccccc6)c(-c6ccccc6)c5ccc43)cc2)N=C1c1ccccc1. The van der Waals surface area contributed by atoms with Gasteiger partial charge < -0.3 is 9.88 Å². The Labute approximate surface area is 341 Å². The van der Waals surface area contributed by atoms with Gasteiger partial charge in [-0.3, -0.25) is 4.99 Å². The molecule has 2 aromatic heterocycles. The molecule has 3 heterocycles. The third-order valence-corrected chi connectivity index (χ3v) is 12.5.